The van der Waals surface area contributed by atoms with Crippen molar-refractivity contribution in [1.29, 1.82) is 0 Å². The van der Waals surface area contributed by atoms with Gasteiger partial charge in [0.05, 0.1) is 5.52 Å². The molecule has 0 radical (unpaired) electrons. The molecule has 5 rings (SSSR count). The second-order valence-electron chi connectivity index (χ2n) is 6.97. The van der Waals surface area contributed by atoms with E-state index in [2.05, 4.69) is 51.2 Å². The standard InChI is InChI=1S/C19H21N5S/c1-2-4-17-15(3-1)19(23-18(22-17)12-7-8-25-11-12)21-14-5-6-16-13(9-14)10-20-24-16/h1-4,7-8,11,13-14,16,20,24H,5-6,9-10H2,(H,21,22,23). The van der Waals surface area contributed by atoms with Crippen LogP contribution in [0.4, 0.5) is 5.82 Å². The Bertz CT molecular complexity index is 879. The Kier molecular flexibility index (Phi) is 3.88. The van der Waals surface area contributed by atoms with Gasteiger partial charge in [0.25, 0.3) is 0 Å². The SMILES string of the molecule is c1ccc2c(NC3CCC4NNCC4C3)nc(-c3ccsc3)nc2c1. The number of para-hydroxylation sites is 1. The first kappa shape index (κ1) is 15.3. The number of hydrazine groups is 1. The molecule has 2 aliphatic rings. The summed E-state index contributed by atoms with van der Waals surface area (Å²) >= 11 is 1.68. The summed E-state index contributed by atoms with van der Waals surface area (Å²) in [5.41, 5.74) is 8.79. The highest BCUT2D eigenvalue weighted by atomic mass is 32.1. The third-order valence-corrected chi connectivity index (χ3v) is 6.04. The van der Waals surface area contributed by atoms with Crippen LogP contribution in [-0.4, -0.2) is 28.6 Å². The Morgan fingerprint density at radius 1 is 1.12 bits per heavy atom. The Morgan fingerprint density at radius 2 is 2.08 bits per heavy atom. The van der Waals surface area contributed by atoms with Crippen molar-refractivity contribution in [3.05, 3.63) is 41.1 Å². The van der Waals surface area contributed by atoms with Gasteiger partial charge in [0.15, 0.2) is 5.82 Å². The first-order valence-electron chi connectivity index (χ1n) is 8.91. The van der Waals surface area contributed by atoms with Crippen LogP contribution in [0.25, 0.3) is 22.3 Å². The number of hydrogen-bond acceptors (Lipinski definition) is 6. The maximum Gasteiger partial charge on any atom is 0.162 e. The minimum absolute atomic E-state index is 0.469. The molecule has 3 unspecified atom stereocenters. The normalized spacial score (nSPS) is 25.8. The zero-order valence-corrected chi connectivity index (χ0v) is 14.7. The van der Waals surface area contributed by atoms with Crippen molar-refractivity contribution in [1.82, 2.24) is 20.8 Å². The van der Waals surface area contributed by atoms with Gasteiger partial charge in [0, 0.05) is 35.0 Å². The molecule has 1 aromatic carbocycles. The van der Waals surface area contributed by atoms with Gasteiger partial charge in [-0.1, -0.05) is 12.1 Å². The smallest absolute Gasteiger partial charge is 0.162 e. The summed E-state index contributed by atoms with van der Waals surface area (Å²) in [7, 11) is 0. The van der Waals surface area contributed by atoms with Crippen LogP contribution in [0.15, 0.2) is 41.1 Å². The molecule has 25 heavy (non-hydrogen) atoms. The van der Waals surface area contributed by atoms with Crippen LogP contribution < -0.4 is 16.2 Å². The Hall–Kier alpha value is -2.02. The first-order chi connectivity index (χ1) is 12.4. The summed E-state index contributed by atoms with van der Waals surface area (Å²) < 4.78 is 0. The van der Waals surface area contributed by atoms with Crippen LogP contribution >= 0.6 is 11.3 Å². The summed E-state index contributed by atoms with van der Waals surface area (Å²) in [4.78, 5) is 9.64. The van der Waals surface area contributed by atoms with Crippen molar-refractivity contribution in [2.75, 3.05) is 11.9 Å². The van der Waals surface area contributed by atoms with Crippen LogP contribution in [0.5, 0.6) is 0 Å². The number of thiophene rings is 1. The molecule has 3 aromatic rings. The summed E-state index contributed by atoms with van der Waals surface area (Å²) in [5, 5.41) is 9.02. The Balaban J connectivity index is 1.49. The van der Waals surface area contributed by atoms with E-state index >= 15 is 0 Å². The number of aromatic nitrogens is 2. The fourth-order valence-corrected chi connectivity index (χ4v) is 4.67. The number of hydrogen-bond donors (Lipinski definition) is 3. The van der Waals surface area contributed by atoms with Crippen molar-refractivity contribution in [3.8, 4) is 11.4 Å². The van der Waals surface area contributed by atoms with Gasteiger partial charge in [-0.2, -0.15) is 11.3 Å². The number of nitrogens with one attached hydrogen (secondary N) is 3. The second kappa shape index (κ2) is 6.37. The van der Waals surface area contributed by atoms with Crippen LogP contribution in [0.3, 0.4) is 0 Å². The van der Waals surface area contributed by atoms with Crippen LogP contribution in [0.1, 0.15) is 19.3 Å². The maximum atomic E-state index is 4.88. The molecule has 3 atom stereocenters. The lowest BCUT2D eigenvalue weighted by Crippen LogP contribution is -2.39. The van der Waals surface area contributed by atoms with Gasteiger partial charge in [0.2, 0.25) is 0 Å². The van der Waals surface area contributed by atoms with Gasteiger partial charge < -0.3 is 5.32 Å². The van der Waals surface area contributed by atoms with Crippen LogP contribution in [0, 0.1) is 5.92 Å². The zero-order chi connectivity index (χ0) is 16.6. The van der Waals surface area contributed by atoms with Crippen LogP contribution in [0.2, 0.25) is 0 Å². The van der Waals surface area contributed by atoms with Crippen molar-refractivity contribution in [3.63, 3.8) is 0 Å². The molecule has 1 saturated heterocycles. The summed E-state index contributed by atoms with van der Waals surface area (Å²) in [6.45, 7) is 1.06. The Labute approximate surface area is 150 Å². The van der Waals surface area contributed by atoms with Gasteiger partial charge in [-0.3, -0.25) is 10.9 Å². The lowest BCUT2D eigenvalue weighted by atomic mass is 9.83. The number of benzene rings is 1. The summed E-state index contributed by atoms with van der Waals surface area (Å²) in [5.74, 6) is 2.48. The van der Waals surface area contributed by atoms with Crippen molar-refractivity contribution in [2.24, 2.45) is 5.92 Å². The number of fused-ring (bicyclic) bond motifs is 2. The van der Waals surface area contributed by atoms with E-state index in [0.29, 0.717) is 18.0 Å². The highest BCUT2D eigenvalue weighted by molar-refractivity contribution is 7.08. The maximum absolute atomic E-state index is 4.88. The number of anilines is 1. The Morgan fingerprint density at radius 3 is 3.00 bits per heavy atom. The van der Waals surface area contributed by atoms with Gasteiger partial charge in [-0.05, 0) is 48.8 Å². The van der Waals surface area contributed by atoms with E-state index in [9.17, 15) is 0 Å². The molecule has 2 fully saturated rings. The van der Waals surface area contributed by atoms with Gasteiger partial charge in [0.1, 0.15) is 5.82 Å². The third-order valence-electron chi connectivity index (χ3n) is 5.36. The van der Waals surface area contributed by atoms with E-state index in [1.807, 2.05) is 6.07 Å². The van der Waals surface area contributed by atoms with Gasteiger partial charge in [-0.25, -0.2) is 9.97 Å². The molecule has 0 spiro atoms. The highest BCUT2D eigenvalue weighted by Gasteiger charge is 2.34. The number of rotatable bonds is 3. The highest BCUT2D eigenvalue weighted by Crippen LogP contribution is 2.31. The third kappa shape index (κ3) is 2.90. The fraction of sp³-hybridized carbons (Fsp3) is 0.368. The predicted molar refractivity (Wildman–Crippen MR) is 103 cm³/mol. The lowest BCUT2D eigenvalue weighted by Gasteiger charge is -2.31. The van der Waals surface area contributed by atoms with E-state index < -0.39 is 0 Å². The summed E-state index contributed by atoms with van der Waals surface area (Å²) in [6, 6.07) is 11.5. The van der Waals surface area contributed by atoms with E-state index in [4.69, 9.17) is 9.97 Å². The molecule has 0 bridgehead atoms. The molecule has 128 valence electrons. The average Bonchev–Trinajstić information content (AvgIpc) is 3.33. The summed E-state index contributed by atoms with van der Waals surface area (Å²) in [6.07, 6.45) is 3.55. The van der Waals surface area contributed by atoms with E-state index in [1.54, 1.807) is 11.3 Å². The molecular formula is C19H21N5S. The molecule has 0 amide bonds. The molecule has 6 heteroatoms. The van der Waals surface area contributed by atoms with Crippen molar-refractivity contribution < 1.29 is 0 Å². The van der Waals surface area contributed by atoms with E-state index in [-0.39, 0.29) is 0 Å². The van der Waals surface area contributed by atoms with Crippen molar-refractivity contribution >= 4 is 28.1 Å². The first-order valence-corrected chi connectivity index (χ1v) is 9.85. The monoisotopic (exact) mass is 351 g/mol. The van der Waals surface area contributed by atoms with E-state index in [0.717, 1.165) is 34.7 Å². The molecule has 3 N–H and O–H groups in total. The molecule has 1 aliphatic carbocycles. The molecule has 3 heterocycles. The van der Waals surface area contributed by atoms with Crippen molar-refractivity contribution in [2.45, 2.75) is 31.3 Å². The quantitative estimate of drug-likeness (QED) is 0.675. The largest absolute Gasteiger partial charge is 0.367 e. The molecule has 1 saturated carbocycles. The predicted octanol–water partition coefficient (Wildman–Crippen LogP) is 3.42. The topological polar surface area (TPSA) is 61.9 Å². The zero-order valence-electron chi connectivity index (χ0n) is 13.9. The van der Waals surface area contributed by atoms with E-state index in [1.165, 1.54) is 19.3 Å². The average molecular weight is 351 g/mol. The molecule has 1 aliphatic heterocycles. The van der Waals surface area contributed by atoms with Gasteiger partial charge >= 0.3 is 0 Å². The minimum atomic E-state index is 0.469. The lowest BCUT2D eigenvalue weighted by molar-refractivity contribution is 0.314. The minimum Gasteiger partial charge on any atom is -0.367 e. The second-order valence-corrected chi connectivity index (χ2v) is 7.75. The molecular weight excluding hydrogens is 330 g/mol. The molecule has 5 nitrogen and oxygen atoms in total. The fourth-order valence-electron chi connectivity index (χ4n) is 4.03. The molecule has 2 aromatic heterocycles. The van der Waals surface area contributed by atoms with Gasteiger partial charge in [-0.15, -0.1) is 0 Å². The number of nitrogens with zero attached hydrogens (tertiary/aromatic N) is 2. The van der Waals surface area contributed by atoms with Crippen LogP contribution in [-0.2, 0) is 0 Å².